The van der Waals surface area contributed by atoms with E-state index in [1.54, 1.807) is 18.0 Å². The largest absolute Gasteiger partial charge is 0.445 e. The highest BCUT2D eigenvalue weighted by molar-refractivity contribution is 7.81. The Balaban J connectivity index is 2.63. The highest BCUT2D eigenvalue weighted by Crippen LogP contribution is 2.23. The summed E-state index contributed by atoms with van der Waals surface area (Å²) in [5.74, 6) is -0.197. The van der Waals surface area contributed by atoms with Gasteiger partial charge in [-0.1, -0.05) is 18.7 Å². The Labute approximate surface area is 112 Å². The van der Waals surface area contributed by atoms with Crippen molar-refractivity contribution in [2.24, 2.45) is 0 Å². The third-order valence-corrected chi connectivity index (χ3v) is 2.97. The smallest absolute Gasteiger partial charge is 0.410 e. The zero-order valence-electron chi connectivity index (χ0n) is 10.3. The van der Waals surface area contributed by atoms with Crippen molar-refractivity contribution in [3.63, 3.8) is 0 Å². The molecule has 0 aromatic rings. The molecule has 1 aliphatic rings. The van der Waals surface area contributed by atoms with Crippen LogP contribution in [0, 0.1) is 0 Å². The summed E-state index contributed by atoms with van der Waals surface area (Å²) in [4.78, 5) is 24.5. The minimum Gasteiger partial charge on any atom is -0.445 e. The van der Waals surface area contributed by atoms with Crippen molar-refractivity contribution in [1.29, 1.82) is 0 Å². The van der Waals surface area contributed by atoms with Gasteiger partial charge in [0.2, 0.25) is 5.91 Å². The zero-order chi connectivity index (χ0) is 13.5. The van der Waals surface area contributed by atoms with Gasteiger partial charge in [-0.05, 0) is 6.42 Å². The fourth-order valence-corrected chi connectivity index (χ4v) is 2.12. The molecule has 5 nitrogen and oxygen atoms in total. The highest BCUT2D eigenvalue weighted by atomic mass is 32.1. The van der Waals surface area contributed by atoms with Gasteiger partial charge >= 0.3 is 6.09 Å². The van der Waals surface area contributed by atoms with Crippen molar-refractivity contribution >= 4 is 24.6 Å². The minimum absolute atomic E-state index is 0.0978. The van der Waals surface area contributed by atoms with Crippen molar-refractivity contribution in [1.82, 2.24) is 10.2 Å². The molecular weight excluding hydrogens is 252 g/mol. The van der Waals surface area contributed by atoms with E-state index in [4.69, 9.17) is 4.74 Å². The first kappa shape index (κ1) is 14.6. The molecule has 0 spiro atoms. The van der Waals surface area contributed by atoms with E-state index in [0.717, 1.165) is 0 Å². The van der Waals surface area contributed by atoms with Crippen LogP contribution in [0.5, 0.6) is 0 Å². The van der Waals surface area contributed by atoms with E-state index in [-0.39, 0.29) is 23.8 Å². The predicted octanol–water partition coefficient (Wildman–Crippen LogP) is 0.984. The molecule has 1 fully saturated rings. The fraction of sp³-hybridized carbons (Fsp3) is 0.500. The van der Waals surface area contributed by atoms with Crippen LogP contribution in [-0.2, 0) is 9.53 Å². The number of carbonyl (C=O) groups excluding carboxylic acids is 2. The second-order valence-corrected chi connectivity index (χ2v) is 4.68. The van der Waals surface area contributed by atoms with Crippen molar-refractivity contribution in [2.45, 2.75) is 17.7 Å². The molecule has 0 aliphatic carbocycles. The Morgan fingerprint density at radius 1 is 1.61 bits per heavy atom. The standard InChI is InChI=1S/C12H18N2O3S/c1-3-6-17-12(16)14-8-10(18)7-9(14)4-5-11(15)13-2/h3-5,9-10,18H,1,6-8H2,2H3,(H,13,15)/b5-4+/t9-,10+/m1/s1. The van der Waals surface area contributed by atoms with Crippen molar-refractivity contribution < 1.29 is 14.3 Å². The maximum atomic E-state index is 11.8. The molecule has 0 aromatic heterocycles. The second-order valence-electron chi connectivity index (χ2n) is 3.95. The van der Waals surface area contributed by atoms with Gasteiger partial charge in [0.1, 0.15) is 6.61 Å². The normalized spacial score (nSPS) is 23.1. The summed E-state index contributed by atoms with van der Waals surface area (Å²) in [6.07, 6.45) is 4.94. The summed E-state index contributed by atoms with van der Waals surface area (Å²) >= 11 is 4.36. The van der Waals surface area contributed by atoms with Gasteiger partial charge in [-0.3, -0.25) is 4.79 Å². The average Bonchev–Trinajstić information content (AvgIpc) is 2.74. The van der Waals surface area contributed by atoms with Gasteiger partial charge in [-0.25, -0.2) is 4.79 Å². The van der Waals surface area contributed by atoms with Crippen LogP contribution in [0.4, 0.5) is 4.79 Å². The number of hydrogen-bond acceptors (Lipinski definition) is 4. The van der Waals surface area contributed by atoms with Crippen LogP contribution < -0.4 is 5.32 Å². The van der Waals surface area contributed by atoms with E-state index in [1.807, 2.05) is 0 Å². The molecular formula is C12H18N2O3S. The van der Waals surface area contributed by atoms with E-state index in [9.17, 15) is 9.59 Å². The van der Waals surface area contributed by atoms with Gasteiger partial charge in [0, 0.05) is 24.9 Å². The first-order valence-corrected chi connectivity index (χ1v) is 6.22. The number of ether oxygens (including phenoxy) is 1. The first-order chi connectivity index (χ1) is 8.58. The van der Waals surface area contributed by atoms with E-state index in [0.29, 0.717) is 13.0 Å². The summed E-state index contributed by atoms with van der Waals surface area (Å²) in [5, 5.41) is 2.58. The monoisotopic (exact) mass is 270 g/mol. The molecule has 0 radical (unpaired) electrons. The van der Waals surface area contributed by atoms with Gasteiger partial charge in [0.15, 0.2) is 0 Å². The molecule has 1 aliphatic heterocycles. The Kier molecular flexibility index (Phi) is 5.77. The third kappa shape index (κ3) is 4.10. The van der Waals surface area contributed by atoms with E-state index >= 15 is 0 Å². The number of thiol groups is 1. The maximum Gasteiger partial charge on any atom is 0.410 e. The molecule has 1 heterocycles. The molecule has 2 amide bonds. The Morgan fingerprint density at radius 2 is 2.33 bits per heavy atom. The van der Waals surface area contributed by atoms with Gasteiger partial charge in [0.25, 0.3) is 0 Å². The van der Waals surface area contributed by atoms with Crippen LogP contribution in [-0.4, -0.2) is 48.4 Å². The Hall–Kier alpha value is -1.43. The lowest BCUT2D eigenvalue weighted by molar-refractivity contribution is -0.116. The topological polar surface area (TPSA) is 58.6 Å². The molecule has 1 N–H and O–H groups in total. The fourth-order valence-electron chi connectivity index (χ4n) is 1.73. The number of carbonyl (C=O) groups is 2. The van der Waals surface area contributed by atoms with E-state index in [1.165, 1.54) is 12.2 Å². The molecule has 6 heteroatoms. The van der Waals surface area contributed by atoms with Gasteiger partial charge in [-0.15, -0.1) is 0 Å². The second kappa shape index (κ2) is 7.10. The van der Waals surface area contributed by atoms with Crippen LogP contribution in [0.25, 0.3) is 0 Å². The van der Waals surface area contributed by atoms with Crippen LogP contribution in [0.1, 0.15) is 6.42 Å². The summed E-state index contributed by atoms with van der Waals surface area (Å²) < 4.78 is 4.99. The lowest BCUT2D eigenvalue weighted by Gasteiger charge is -2.20. The lowest BCUT2D eigenvalue weighted by atomic mass is 10.2. The number of nitrogens with one attached hydrogen (secondary N) is 1. The quantitative estimate of drug-likeness (QED) is 0.455. The maximum absolute atomic E-state index is 11.8. The minimum atomic E-state index is -0.405. The molecule has 2 atom stereocenters. The third-order valence-electron chi connectivity index (χ3n) is 2.60. The SMILES string of the molecule is C=CCOC(=O)N1C[C@@H](S)C[C@H]1/C=C/C(=O)NC. The Morgan fingerprint density at radius 3 is 2.94 bits per heavy atom. The van der Waals surface area contributed by atoms with Crippen molar-refractivity contribution in [3.8, 4) is 0 Å². The first-order valence-electron chi connectivity index (χ1n) is 5.70. The number of amides is 2. The number of likely N-dealkylation sites (N-methyl/N-ethyl adjacent to an activating group) is 1. The number of nitrogens with zero attached hydrogens (tertiary/aromatic N) is 1. The number of likely N-dealkylation sites (tertiary alicyclic amines) is 1. The zero-order valence-corrected chi connectivity index (χ0v) is 11.2. The van der Waals surface area contributed by atoms with Crippen molar-refractivity contribution in [3.05, 3.63) is 24.8 Å². The highest BCUT2D eigenvalue weighted by Gasteiger charge is 2.32. The van der Waals surface area contributed by atoms with Crippen LogP contribution >= 0.6 is 12.6 Å². The summed E-state index contributed by atoms with van der Waals surface area (Å²) in [7, 11) is 1.55. The average molecular weight is 270 g/mol. The summed E-state index contributed by atoms with van der Waals surface area (Å²) in [5.41, 5.74) is 0. The predicted molar refractivity (Wildman–Crippen MR) is 72.6 cm³/mol. The van der Waals surface area contributed by atoms with Crippen LogP contribution in [0.3, 0.4) is 0 Å². The van der Waals surface area contributed by atoms with Gasteiger partial charge in [-0.2, -0.15) is 12.6 Å². The number of hydrogen-bond donors (Lipinski definition) is 2. The summed E-state index contributed by atoms with van der Waals surface area (Å²) in [6.45, 7) is 4.18. The van der Waals surface area contributed by atoms with Crippen LogP contribution in [0.2, 0.25) is 0 Å². The molecule has 0 unspecified atom stereocenters. The number of rotatable bonds is 4. The Bertz CT molecular complexity index is 357. The molecule has 1 rings (SSSR count). The molecule has 0 aromatic carbocycles. The van der Waals surface area contributed by atoms with Gasteiger partial charge in [0.05, 0.1) is 6.04 Å². The van der Waals surface area contributed by atoms with E-state index < -0.39 is 6.09 Å². The van der Waals surface area contributed by atoms with E-state index in [2.05, 4.69) is 24.5 Å². The molecule has 100 valence electrons. The molecule has 0 saturated carbocycles. The molecule has 0 bridgehead atoms. The lowest BCUT2D eigenvalue weighted by Crippen LogP contribution is -2.35. The van der Waals surface area contributed by atoms with Gasteiger partial charge < -0.3 is 15.0 Å². The van der Waals surface area contributed by atoms with Crippen LogP contribution in [0.15, 0.2) is 24.8 Å². The summed E-state index contributed by atoms with van der Waals surface area (Å²) in [6, 6.07) is -0.151. The molecule has 18 heavy (non-hydrogen) atoms. The van der Waals surface area contributed by atoms with Crippen molar-refractivity contribution in [2.75, 3.05) is 20.2 Å². The molecule has 1 saturated heterocycles.